The fourth-order valence-corrected chi connectivity index (χ4v) is 15.6. The van der Waals surface area contributed by atoms with Gasteiger partial charge in [-0.3, -0.25) is 4.79 Å². The largest absolute Gasteiger partial charge is 0.394 e. The zero-order valence-electron chi connectivity index (χ0n) is 67.6. The number of ether oxygens (including phenoxy) is 4. The summed E-state index contributed by atoms with van der Waals surface area (Å²) in [5.74, 6) is -0.227. The molecular formula is C89H173NO13. The van der Waals surface area contributed by atoms with Crippen molar-refractivity contribution in [2.75, 3.05) is 19.8 Å². The molecule has 0 saturated carbocycles. The average molecular weight is 1470 g/mol. The van der Waals surface area contributed by atoms with Gasteiger partial charge in [-0.1, -0.05) is 443 Å². The van der Waals surface area contributed by atoms with Gasteiger partial charge < -0.3 is 65.1 Å². The van der Waals surface area contributed by atoms with Crippen molar-refractivity contribution < 1.29 is 64.6 Å². The quantitative estimate of drug-likeness (QED) is 0.0204. The fourth-order valence-electron chi connectivity index (χ4n) is 15.6. The molecule has 0 bridgehead atoms. The van der Waals surface area contributed by atoms with E-state index < -0.39 is 86.8 Å². The Morgan fingerprint density at radius 3 is 0.893 bits per heavy atom. The highest BCUT2D eigenvalue weighted by Crippen LogP contribution is 2.31. The summed E-state index contributed by atoms with van der Waals surface area (Å²) in [4.78, 5) is 13.4. The molecule has 0 aromatic heterocycles. The Kier molecular flexibility index (Phi) is 69.8. The number of aliphatic hydroxyl groups is 8. The standard InChI is InChI=1S/C89H173NO13/c1-3-5-7-9-11-13-15-17-19-21-23-25-27-29-31-33-35-37-38-39-40-41-43-45-47-49-51-53-55-57-59-61-63-65-67-69-71-73-81(94)90-77(76-100-88-86(99)84(97)87(80(75-92)102-88)103-89-85(98)83(96)82(95)79(74-91)101-89)78(93)72-70-68-66-64-62-60-58-56-54-52-50-48-46-44-42-36-34-32-30-28-26-24-22-20-18-16-14-12-10-8-6-4-2/h70,72,77-80,82-89,91-93,95-99H,3-69,71,73-76H2,1-2H3,(H,90,94)/b72-70+. The predicted molar refractivity (Wildman–Crippen MR) is 429 cm³/mol. The van der Waals surface area contributed by atoms with Crippen LogP contribution in [-0.4, -0.2) is 140 Å². The highest BCUT2D eigenvalue weighted by atomic mass is 16.7. The molecule has 9 N–H and O–H groups in total. The lowest BCUT2D eigenvalue weighted by Crippen LogP contribution is -2.65. The Balaban J connectivity index is 1.56. The first-order valence-electron chi connectivity index (χ1n) is 45.4. The van der Waals surface area contributed by atoms with Crippen LogP contribution in [0.5, 0.6) is 0 Å². The van der Waals surface area contributed by atoms with Crippen LogP contribution in [0, 0.1) is 0 Å². The number of carbonyl (C=O) groups excluding carboxylic acids is 1. The number of unbranched alkanes of at least 4 members (excludes halogenated alkanes) is 66. The second kappa shape index (κ2) is 73.5. The fraction of sp³-hybridized carbons (Fsp3) is 0.966. The molecule has 2 aliphatic heterocycles. The smallest absolute Gasteiger partial charge is 0.220 e. The van der Waals surface area contributed by atoms with Crippen molar-refractivity contribution in [1.82, 2.24) is 5.32 Å². The van der Waals surface area contributed by atoms with E-state index in [9.17, 15) is 45.6 Å². The maximum atomic E-state index is 13.4. The molecule has 612 valence electrons. The SMILES string of the molecule is CCCCCCCCCCCCCCCCCCCCCCCCCCCCCCCC/C=C/C(O)C(COC1OC(CO)C(OC2OC(CO)C(O)C(O)C2O)C(O)C1O)NC(=O)CCCCCCCCCCCCCCCCCCCCCCCCCCCCCCCCCCCCCCC. The molecule has 0 aromatic carbocycles. The molecule has 2 fully saturated rings. The lowest BCUT2D eigenvalue weighted by molar-refractivity contribution is -0.359. The van der Waals surface area contributed by atoms with E-state index in [1.807, 2.05) is 6.08 Å². The van der Waals surface area contributed by atoms with E-state index in [0.29, 0.717) is 0 Å². The summed E-state index contributed by atoms with van der Waals surface area (Å²) < 4.78 is 23.0. The van der Waals surface area contributed by atoms with Crippen molar-refractivity contribution in [2.24, 2.45) is 0 Å². The molecule has 0 radical (unpaired) electrons. The number of rotatable bonds is 79. The molecule has 2 rings (SSSR count). The summed E-state index contributed by atoms with van der Waals surface area (Å²) in [5.41, 5.74) is 0. The maximum Gasteiger partial charge on any atom is 0.220 e. The van der Waals surface area contributed by atoms with Gasteiger partial charge in [0.2, 0.25) is 5.91 Å². The molecule has 0 aromatic rings. The van der Waals surface area contributed by atoms with Crippen LogP contribution >= 0.6 is 0 Å². The van der Waals surface area contributed by atoms with Gasteiger partial charge in [-0.15, -0.1) is 0 Å². The van der Waals surface area contributed by atoms with Crippen molar-refractivity contribution in [1.29, 1.82) is 0 Å². The Bertz CT molecular complexity index is 1780. The molecule has 0 aliphatic carbocycles. The number of carbonyl (C=O) groups is 1. The number of allylic oxidation sites excluding steroid dienone is 1. The molecule has 2 aliphatic rings. The molecule has 12 atom stereocenters. The molecule has 1 amide bonds. The number of hydrogen-bond acceptors (Lipinski definition) is 13. The summed E-state index contributed by atoms with van der Waals surface area (Å²) in [5, 5.41) is 87.9. The van der Waals surface area contributed by atoms with Crippen LogP contribution < -0.4 is 5.32 Å². The summed E-state index contributed by atoms with van der Waals surface area (Å²) >= 11 is 0. The molecule has 2 saturated heterocycles. The zero-order valence-corrected chi connectivity index (χ0v) is 67.6. The van der Waals surface area contributed by atoms with Crippen LogP contribution in [0.15, 0.2) is 12.2 Å². The zero-order chi connectivity index (χ0) is 74.4. The summed E-state index contributed by atoms with van der Waals surface area (Å²) in [7, 11) is 0. The van der Waals surface area contributed by atoms with Crippen LogP contribution in [0.3, 0.4) is 0 Å². The number of aliphatic hydroxyl groups excluding tert-OH is 8. The normalized spacial score (nSPS) is 21.5. The third-order valence-electron chi connectivity index (χ3n) is 22.7. The summed E-state index contributed by atoms with van der Waals surface area (Å²) in [6.07, 6.45) is 79.1. The highest BCUT2D eigenvalue weighted by molar-refractivity contribution is 5.76. The minimum absolute atomic E-state index is 0.227. The van der Waals surface area contributed by atoms with Crippen molar-refractivity contribution in [2.45, 2.75) is 530 Å². The van der Waals surface area contributed by atoms with Gasteiger partial charge in [-0.2, -0.15) is 0 Å². The molecule has 2 heterocycles. The van der Waals surface area contributed by atoms with E-state index in [1.54, 1.807) is 6.08 Å². The third-order valence-corrected chi connectivity index (χ3v) is 22.7. The van der Waals surface area contributed by atoms with E-state index in [4.69, 9.17) is 18.9 Å². The monoisotopic (exact) mass is 1460 g/mol. The number of nitrogens with one attached hydrogen (secondary N) is 1. The van der Waals surface area contributed by atoms with Crippen LogP contribution in [-0.2, 0) is 23.7 Å². The molecule has 14 nitrogen and oxygen atoms in total. The second-order valence-corrected chi connectivity index (χ2v) is 32.5. The first-order valence-corrected chi connectivity index (χ1v) is 45.4. The van der Waals surface area contributed by atoms with Gasteiger partial charge in [0.1, 0.15) is 48.8 Å². The summed E-state index contributed by atoms with van der Waals surface area (Å²) in [6.45, 7) is 2.89. The van der Waals surface area contributed by atoms with E-state index in [1.165, 1.54) is 392 Å². The number of hydrogen-bond donors (Lipinski definition) is 9. The molecule has 14 heteroatoms. The van der Waals surface area contributed by atoms with E-state index in [0.717, 1.165) is 44.9 Å². The van der Waals surface area contributed by atoms with Gasteiger partial charge in [0.25, 0.3) is 0 Å². The van der Waals surface area contributed by atoms with Gasteiger partial charge in [0.15, 0.2) is 12.6 Å². The third kappa shape index (κ3) is 55.7. The van der Waals surface area contributed by atoms with Gasteiger partial charge >= 0.3 is 0 Å². The van der Waals surface area contributed by atoms with Crippen LogP contribution in [0.1, 0.15) is 457 Å². The minimum atomic E-state index is -1.79. The van der Waals surface area contributed by atoms with Gasteiger partial charge in [-0.25, -0.2) is 0 Å². The van der Waals surface area contributed by atoms with Crippen LogP contribution in [0.2, 0.25) is 0 Å². The lowest BCUT2D eigenvalue weighted by Gasteiger charge is -2.46. The maximum absolute atomic E-state index is 13.4. The second-order valence-electron chi connectivity index (χ2n) is 32.5. The van der Waals surface area contributed by atoms with Gasteiger partial charge in [0, 0.05) is 6.42 Å². The molecule has 12 unspecified atom stereocenters. The average Bonchev–Trinajstić information content (AvgIpc) is 0.791. The van der Waals surface area contributed by atoms with Crippen molar-refractivity contribution >= 4 is 5.91 Å². The minimum Gasteiger partial charge on any atom is -0.394 e. The summed E-state index contributed by atoms with van der Waals surface area (Å²) in [6, 6.07) is -0.913. The first kappa shape index (κ1) is 97.8. The first-order chi connectivity index (χ1) is 50.6. The van der Waals surface area contributed by atoms with Crippen molar-refractivity contribution in [3.63, 3.8) is 0 Å². The molecular weight excluding hydrogens is 1290 g/mol. The van der Waals surface area contributed by atoms with E-state index in [2.05, 4.69) is 19.2 Å². The Hall–Kier alpha value is -1.27. The van der Waals surface area contributed by atoms with Gasteiger partial charge in [0.05, 0.1) is 32.0 Å². The Morgan fingerprint density at radius 2 is 0.602 bits per heavy atom. The Morgan fingerprint density at radius 1 is 0.340 bits per heavy atom. The van der Waals surface area contributed by atoms with Gasteiger partial charge in [-0.05, 0) is 19.3 Å². The van der Waals surface area contributed by atoms with Crippen molar-refractivity contribution in [3.8, 4) is 0 Å². The molecule has 0 spiro atoms. The van der Waals surface area contributed by atoms with Crippen LogP contribution in [0.25, 0.3) is 0 Å². The molecule has 103 heavy (non-hydrogen) atoms. The van der Waals surface area contributed by atoms with Crippen molar-refractivity contribution in [3.05, 3.63) is 12.2 Å². The lowest BCUT2D eigenvalue weighted by atomic mass is 9.97. The van der Waals surface area contributed by atoms with E-state index in [-0.39, 0.29) is 18.9 Å². The highest BCUT2D eigenvalue weighted by Gasteiger charge is 2.51. The predicted octanol–water partition coefficient (Wildman–Crippen LogP) is 22.0. The number of amides is 1. The topological polar surface area (TPSA) is 228 Å². The van der Waals surface area contributed by atoms with Crippen LogP contribution in [0.4, 0.5) is 0 Å². The Labute approximate surface area is 635 Å². The van der Waals surface area contributed by atoms with E-state index >= 15 is 0 Å².